The van der Waals surface area contributed by atoms with Crippen molar-refractivity contribution < 1.29 is 9.21 Å². The molecule has 1 atom stereocenters. The molecule has 0 aliphatic carbocycles. The SMILES string of the molecule is Cc1cnc(C(C)NCC(=O)Nc2ccccc2Br)o1. The van der Waals surface area contributed by atoms with Crippen molar-refractivity contribution in [3.8, 4) is 0 Å². The van der Waals surface area contributed by atoms with Crippen LogP contribution in [-0.2, 0) is 4.79 Å². The van der Waals surface area contributed by atoms with Gasteiger partial charge in [-0.1, -0.05) is 12.1 Å². The topological polar surface area (TPSA) is 67.2 Å². The molecule has 6 heteroatoms. The van der Waals surface area contributed by atoms with E-state index in [0.717, 1.165) is 15.9 Å². The van der Waals surface area contributed by atoms with Gasteiger partial charge in [0.25, 0.3) is 0 Å². The van der Waals surface area contributed by atoms with Crippen molar-refractivity contribution in [3.05, 3.63) is 46.6 Å². The first-order chi connectivity index (χ1) is 9.56. The van der Waals surface area contributed by atoms with E-state index in [9.17, 15) is 4.79 Å². The number of para-hydroxylation sites is 1. The number of amides is 1. The number of carbonyl (C=O) groups excluding carboxylic acids is 1. The molecule has 0 aliphatic rings. The third-order valence-electron chi connectivity index (χ3n) is 2.73. The van der Waals surface area contributed by atoms with Gasteiger partial charge in [-0.25, -0.2) is 4.98 Å². The van der Waals surface area contributed by atoms with E-state index in [2.05, 4.69) is 31.5 Å². The molecule has 0 radical (unpaired) electrons. The largest absolute Gasteiger partial charge is 0.444 e. The molecule has 2 aromatic rings. The van der Waals surface area contributed by atoms with Gasteiger partial charge in [-0.2, -0.15) is 0 Å². The number of nitrogens with zero attached hydrogens (tertiary/aromatic N) is 1. The quantitative estimate of drug-likeness (QED) is 0.879. The van der Waals surface area contributed by atoms with Crippen LogP contribution in [0.2, 0.25) is 0 Å². The van der Waals surface area contributed by atoms with Crippen LogP contribution >= 0.6 is 15.9 Å². The number of anilines is 1. The second-order valence-corrected chi connectivity index (χ2v) is 5.29. The van der Waals surface area contributed by atoms with Crippen LogP contribution in [0.5, 0.6) is 0 Å². The predicted octanol–water partition coefficient (Wildman–Crippen LogP) is 3.03. The van der Waals surface area contributed by atoms with E-state index in [1.807, 2.05) is 38.1 Å². The minimum absolute atomic E-state index is 0.117. The fraction of sp³-hybridized carbons (Fsp3) is 0.286. The molecule has 0 fully saturated rings. The van der Waals surface area contributed by atoms with Crippen LogP contribution in [0.4, 0.5) is 5.69 Å². The van der Waals surface area contributed by atoms with E-state index >= 15 is 0 Å². The third kappa shape index (κ3) is 3.91. The fourth-order valence-electron chi connectivity index (χ4n) is 1.66. The third-order valence-corrected chi connectivity index (χ3v) is 3.42. The van der Waals surface area contributed by atoms with Crippen molar-refractivity contribution in [1.82, 2.24) is 10.3 Å². The van der Waals surface area contributed by atoms with Crippen LogP contribution in [-0.4, -0.2) is 17.4 Å². The number of benzene rings is 1. The first kappa shape index (κ1) is 14.7. The first-order valence-corrected chi connectivity index (χ1v) is 7.05. The van der Waals surface area contributed by atoms with Gasteiger partial charge in [0.05, 0.1) is 24.5 Å². The Labute approximate surface area is 125 Å². The summed E-state index contributed by atoms with van der Waals surface area (Å²) in [5, 5.41) is 5.89. The zero-order chi connectivity index (χ0) is 14.5. The van der Waals surface area contributed by atoms with Gasteiger partial charge in [-0.05, 0) is 41.9 Å². The zero-order valence-corrected chi connectivity index (χ0v) is 12.9. The molecular weight excluding hydrogens is 322 g/mol. The highest BCUT2D eigenvalue weighted by molar-refractivity contribution is 9.10. The van der Waals surface area contributed by atoms with Gasteiger partial charge >= 0.3 is 0 Å². The number of hydrogen-bond acceptors (Lipinski definition) is 4. The van der Waals surface area contributed by atoms with Crippen molar-refractivity contribution in [1.29, 1.82) is 0 Å². The Bertz CT molecular complexity index is 598. The summed E-state index contributed by atoms with van der Waals surface area (Å²) in [4.78, 5) is 16.0. The van der Waals surface area contributed by atoms with Crippen LogP contribution in [0.25, 0.3) is 0 Å². The molecule has 0 bridgehead atoms. The maximum absolute atomic E-state index is 11.9. The van der Waals surface area contributed by atoms with Gasteiger partial charge in [0.15, 0.2) is 0 Å². The number of aryl methyl sites for hydroxylation is 1. The van der Waals surface area contributed by atoms with Gasteiger partial charge < -0.3 is 9.73 Å². The molecule has 106 valence electrons. The van der Waals surface area contributed by atoms with E-state index in [4.69, 9.17) is 4.42 Å². The lowest BCUT2D eigenvalue weighted by atomic mass is 10.3. The predicted molar refractivity (Wildman–Crippen MR) is 80.4 cm³/mol. The number of nitrogens with one attached hydrogen (secondary N) is 2. The molecule has 0 saturated heterocycles. The zero-order valence-electron chi connectivity index (χ0n) is 11.3. The second kappa shape index (κ2) is 6.67. The molecule has 1 aromatic carbocycles. The molecule has 1 amide bonds. The van der Waals surface area contributed by atoms with Crippen molar-refractivity contribution in [2.75, 3.05) is 11.9 Å². The van der Waals surface area contributed by atoms with E-state index in [0.29, 0.717) is 5.89 Å². The fourth-order valence-corrected chi connectivity index (χ4v) is 2.05. The summed E-state index contributed by atoms with van der Waals surface area (Å²) >= 11 is 3.38. The monoisotopic (exact) mass is 337 g/mol. The van der Waals surface area contributed by atoms with E-state index < -0.39 is 0 Å². The highest BCUT2D eigenvalue weighted by Crippen LogP contribution is 2.21. The standard InChI is InChI=1S/C14H16BrN3O2/c1-9-7-17-14(20-9)10(2)16-8-13(19)18-12-6-4-3-5-11(12)15/h3-7,10,16H,8H2,1-2H3,(H,18,19). The van der Waals surface area contributed by atoms with Crippen LogP contribution in [0.15, 0.2) is 39.4 Å². The lowest BCUT2D eigenvalue weighted by Crippen LogP contribution is -2.30. The highest BCUT2D eigenvalue weighted by atomic mass is 79.9. The molecule has 2 N–H and O–H groups in total. The minimum Gasteiger partial charge on any atom is -0.444 e. The number of rotatable bonds is 5. The van der Waals surface area contributed by atoms with Gasteiger partial charge in [0.2, 0.25) is 11.8 Å². The maximum Gasteiger partial charge on any atom is 0.238 e. The van der Waals surface area contributed by atoms with Gasteiger partial charge in [0.1, 0.15) is 5.76 Å². The van der Waals surface area contributed by atoms with Gasteiger partial charge in [-0.3, -0.25) is 10.1 Å². The Morgan fingerprint density at radius 3 is 2.85 bits per heavy atom. The normalized spacial score (nSPS) is 12.2. The molecule has 1 aromatic heterocycles. The summed E-state index contributed by atoms with van der Waals surface area (Å²) < 4.78 is 6.25. The molecule has 0 aliphatic heterocycles. The lowest BCUT2D eigenvalue weighted by Gasteiger charge is -2.11. The Morgan fingerprint density at radius 2 is 2.20 bits per heavy atom. The van der Waals surface area contributed by atoms with Gasteiger partial charge in [0, 0.05) is 4.47 Å². The Balaban J connectivity index is 1.85. The van der Waals surface area contributed by atoms with Crippen molar-refractivity contribution in [3.63, 3.8) is 0 Å². The maximum atomic E-state index is 11.9. The molecule has 5 nitrogen and oxygen atoms in total. The number of hydrogen-bond donors (Lipinski definition) is 2. The van der Waals surface area contributed by atoms with E-state index in [1.165, 1.54) is 0 Å². The molecular formula is C14H16BrN3O2. The Hall–Kier alpha value is -1.66. The lowest BCUT2D eigenvalue weighted by molar-refractivity contribution is -0.115. The average Bonchev–Trinajstić information content (AvgIpc) is 2.85. The van der Waals surface area contributed by atoms with Gasteiger partial charge in [-0.15, -0.1) is 0 Å². The molecule has 0 spiro atoms. The Kier molecular flexibility index (Phi) is 4.92. The Morgan fingerprint density at radius 1 is 1.45 bits per heavy atom. The minimum atomic E-state index is -0.118. The summed E-state index contributed by atoms with van der Waals surface area (Å²) in [6.45, 7) is 3.92. The number of oxazole rings is 1. The van der Waals surface area contributed by atoms with Crippen LogP contribution in [0.3, 0.4) is 0 Å². The number of halogens is 1. The number of carbonyl (C=O) groups is 1. The summed E-state index contributed by atoms with van der Waals surface area (Å²) in [6, 6.07) is 7.36. The smallest absolute Gasteiger partial charge is 0.238 e. The highest BCUT2D eigenvalue weighted by Gasteiger charge is 2.12. The molecule has 2 rings (SSSR count). The van der Waals surface area contributed by atoms with Crippen molar-refractivity contribution in [2.45, 2.75) is 19.9 Å². The number of aromatic nitrogens is 1. The van der Waals surface area contributed by atoms with Crippen molar-refractivity contribution >= 4 is 27.5 Å². The molecule has 20 heavy (non-hydrogen) atoms. The molecule has 1 unspecified atom stereocenters. The molecule has 1 heterocycles. The van der Waals surface area contributed by atoms with Crippen LogP contribution < -0.4 is 10.6 Å². The second-order valence-electron chi connectivity index (χ2n) is 4.44. The van der Waals surface area contributed by atoms with Crippen LogP contribution in [0.1, 0.15) is 24.6 Å². The van der Waals surface area contributed by atoms with Crippen molar-refractivity contribution in [2.24, 2.45) is 0 Å². The van der Waals surface area contributed by atoms with Crippen LogP contribution in [0, 0.1) is 6.92 Å². The summed E-state index contributed by atoms with van der Waals surface area (Å²) in [7, 11) is 0. The van der Waals surface area contributed by atoms with E-state index in [1.54, 1.807) is 6.20 Å². The first-order valence-electron chi connectivity index (χ1n) is 6.26. The molecule has 0 saturated carbocycles. The summed E-state index contributed by atoms with van der Waals surface area (Å²) in [6.07, 6.45) is 1.66. The summed E-state index contributed by atoms with van der Waals surface area (Å²) in [5.74, 6) is 1.22. The van der Waals surface area contributed by atoms with E-state index in [-0.39, 0.29) is 18.5 Å². The average molecular weight is 338 g/mol. The summed E-state index contributed by atoms with van der Waals surface area (Å²) in [5.41, 5.74) is 0.749.